The van der Waals surface area contributed by atoms with Gasteiger partial charge in [0.1, 0.15) is 11.2 Å². The molecule has 10 aromatic rings. The quantitative estimate of drug-likeness (QED) is 0.175. The van der Waals surface area contributed by atoms with Crippen molar-refractivity contribution in [3.8, 4) is 33.9 Å². The summed E-state index contributed by atoms with van der Waals surface area (Å²) in [6.07, 6.45) is 4.79. The fourth-order valence-corrected chi connectivity index (χ4v) is 10.2. The van der Waals surface area contributed by atoms with Crippen molar-refractivity contribution in [3.63, 3.8) is 0 Å². The van der Waals surface area contributed by atoms with Gasteiger partial charge in [-0.15, -0.1) is 11.8 Å². The maximum Gasteiger partial charge on any atom is 0.164 e. The van der Waals surface area contributed by atoms with Gasteiger partial charge in [0.05, 0.1) is 11.0 Å². The van der Waals surface area contributed by atoms with Gasteiger partial charge in [-0.2, -0.15) is 0 Å². The third-order valence-electron chi connectivity index (χ3n) is 11.4. The second-order valence-corrected chi connectivity index (χ2v) is 15.9. The Kier molecular flexibility index (Phi) is 7.22. The summed E-state index contributed by atoms with van der Waals surface area (Å²) in [5.74, 6) is 2.11. The number of fused-ring (bicyclic) bond motifs is 9. The van der Waals surface area contributed by atoms with Gasteiger partial charge in [-0.25, -0.2) is 15.0 Å². The van der Waals surface area contributed by atoms with Crippen LogP contribution in [0.15, 0.2) is 191 Å². The fraction of sp³-hybridized carbons (Fsp3) is 0.0392. The molecule has 2 atom stereocenters. The van der Waals surface area contributed by atoms with Crippen molar-refractivity contribution < 1.29 is 4.42 Å². The van der Waals surface area contributed by atoms with Crippen molar-refractivity contribution in [1.29, 1.82) is 0 Å². The molecule has 268 valence electrons. The van der Waals surface area contributed by atoms with Crippen LogP contribution in [0.4, 0.5) is 0 Å². The highest BCUT2D eigenvalue weighted by Gasteiger charge is 2.39. The summed E-state index contributed by atoms with van der Waals surface area (Å²) >= 11 is 1.92. The molecule has 3 aromatic heterocycles. The molecule has 4 heterocycles. The van der Waals surface area contributed by atoms with Crippen molar-refractivity contribution in [2.45, 2.75) is 16.1 Å². The van der Waals surface area contributed by atoms with E-state index in [1.165, 1.54) is 26.8 Å². The molecule has 0 saturated heterocycles. The summed E-state index contributed by atoms with van der Waals surface area (Å²) in [6, 6.07) is 59.7. The van der Waals surface area contributed by atoms with E-state index >= 15 is 0 Å². The minimum Gasteiger partial charge on any atom is -0.456 e. The first kappa shape index (κ1) is 32.2. The average molecular weight is 749 g/mol. The molecule has 0 amide bonds. The zero-order valence-corrected chi connectivity index (χ0v) is 31.4. The van der Waals surface area contributed by atoms with Crippen molar-refractivity contribution >= 4 is 66.8 Å². The summed E-state index contributed by atoms with van der Waals surface area (Å²) in [7, 11) is 0. The first-order valence-electron chi connectivity index (χ1n) is 19.3. The largest absolute Gasteiger partial charge is 0.456 e. The van der Waals surface area contributed by atoms with E-state index in [2.05, 4.69) is 138 Å². The zero-order chi connectivity index (χ0) is 37.5. The number of furan rings is 1. The molecule has 7 aromatic carbocycles. The number of rotatable bonds is 5. The van der Waals surface area contributed by atoms with Gasteiger partial charge in [-0.1, -0.05) is 127 Å². The van der Waals surface area contributed by atoms with Crippen LogP contribution in [0.5, 0.6) is 0 Å². The Balaban J connectivity index is 1.06. The summed E-state index contributed by atoms with van der Waals surface area (Å²) in [4.78, 5) is 16.9. The van der Waals surface area contributed by atoms with E-state index in [0.29, 0.717) is 17.5 Å². The average Bonchev–Trinajstić information content (AvgIpc) is 3.95. The first-order valence-corrected chi connectivity index (χ1v) is 20.1. The summed E-state index contributed by atoms with van der Waals surface area (Å²) < 4.78 is 8.59. The number of benzene rings is 7. The van der Waals surface area contributed by atoms with Gasteiger partial charge in [-0.3, -0.25) is 0 Å². The minimum atomic E-state index is 0.0817. The van der Waals surface area contributed by atoms with Crippen LogP contribution in [0.3, 0.4) is 0 Å². The number of para-hydroxylation sites is 2. The Morgan fingerprint density at radius 2 is 1.07 bits per heavy atom. The van der Waals surface area contributed by atoms with E-state index in [1.54, 1.807) is 0 Å². The van der Waals surface area contributed by atoms with Crippen LogP contribution in [-0.4, -0.2) is 24.8 Å². The van der Waals surface area contributed by atoms with Crippen LogP contribution in [0.1, 0.15) is 17.3 Å². The highest BCUT2D eigenvalue weighted by Crippen LogP contribution is 2.54. The Labute approximate surface area is 332 Å². The van der Waals surface area contributed by atoms with Gasteiger partial charge in [0.2, 0.25) is 0 Å². The monoisotopic (exact) mass is 748 g/mol. The molecule has 12 rings (SSSR count). The van der Waals surface area contributed by atoms with Crippen molar-refractivity contribution in [3.05, 3.63) is 193 Å². The summed E-state index contributed by atoms with van der Waals surface area (Å²) in [5, 5.41) is 4.83. The molecule has 0 radical (unpaired) electrons. The Hall–Kier alpha value is -7.02. The third kappa shape index (κ3) is 5.21. The van der Waals surface area contributed by atoms with Crippen molar-refractivity contribution in [2.75, 3.05) is 0 Å². The lowest BCUT2D eigenvalue weighted by Gasteiger charge is -2.26. The highest BCUT2D eigenvalue weighted by atomic mass is 32.2. The van der Waals surface area contributed by atoms with Crippen LogP contribution in [0.2, 0.25) is 0 Å². The molecule has 0 bridgehead atoms. The van der Waals surface area contributed by atoms with Gasteiger partial charge in [0.25, 0.3) is 0 Å². The number of hydrogen-bond donors (Lipinski definition) is 0. The van der Waals surface area contributed by atoms with Crippen LogP contribution in [-0.2, 0) is 0 Å². The molecule has 6 heteroatoms. The molecule has 0 fully saturated rings. The molecule has 57 heavy (non-hydrogen) atoms. The van der Waals surface area contributed by atoms with Crippen LogP contribution in [0, 0.1) is 0 Å². The molecule has 1 aliphatic heterocycles. The molecule has 2 unspecified atom stereocenters. The van der Waals surface area contributed by atoms with E-state index in [-0.39, 0.29) is 11.2 Å². The van der Waals surface area contributed by atoms with E-state index in [4.69, 9.17) is 19.4 Å². The van der Waals surface area contributed by atoms with Gasteiger partial charge < -0.3 is 8.98 Å². The summed E-state index contributed by atoms with van der Waals surface area (Å²) in [5.41, 5.74) is 11.9. The first-order chi connectivity index (χ1) is 28.2. The maximum atomic E-state index is 6.16. The van der Waals surface area contributed by atoms with Gasteiger partial charge >= 0.3 is 0 Å². The molecule has 5 nitrogen and oxygen atoms in total. The predicted molar refractivity (Wildman–Crippen MR) is 234 cm³/mol. The van der Waals surface area contributed by atoms with Gasteiger partial charge in [0.15, 0.2) is 17.5 Å². The van der Waals surface area contributed by atoms with Crippen LogP contribution < -0.4 is 0 Å². The van der Waals surface area contributed by atoms with E-state index in [1.807, 2.05) is 60.3 Å². The molecular weight excluding hydrogens is 717 g/mol. The SMILES string of the molecule is C1=C(c2nc(-c3ccccc3)nc(-c3ccccc3)n2)C2c3ccccc3SC2C=C1n1c2ccccc2c2cc(-c3ccc4oc5ccccc5c4c3)ccc21. The van der Waals surface area contributed by atoms with Crippen molar-refractivity contribution in [1.82, 2.24) is 19.5 Å². The molecule has 1 aliphatic carbocycles. The van der Waals surface area contributed by atoms with Crippen molar-refractivity contribution in [2.24, 2.45) is 0 Å². The van der Waals surface area contributed by atoms with Crippen LogP contribution in [0.25, 0.3) is 88.9 Å². The predicted octanol–water partition coefficient (Wildman–Crippen LogP) is 13.1. The molecular formula is C51H32N4OS. The number of thioether (sulfide) groups is 1. The lowest BCUT2D eigenvalue weighted by molar-refractivity contribution is 0.669. The number of aromatic nitrogens is 4. The minimum absolute atomic E-state index is 0.0817. The van der Waals surface area contributed by atoms with E-state index in [0.717, 1.165) is 60.9 Å². The number of nitrogens with zero attached hydrogens (tertiary/aromatic N) is 4. The Morgan fingerprint density at radius 3 is 1.86 bits per heavy atom. The smallest absolute Gasteiger partial charge is 0.164 e. The molecule has 0 N–H and O–H groups in total. The molecule has 0 saturated carbocycles. The van der Waals surface area contributed by atoms with Gasteiger partial charge in [0, 0.05) is 60.0 Å². The van der Waals surface area contributed by atoms with Gasteiger partial charge in [-0.05, 0) is 71.3 Å². The standard InChI is InChI=1S/C51H32N4OS/c1-3-13-31(14-4-1)49-52-50(32-15-5-2-6-16-32)54-51(53-49)41-29-35(30-47-48(41)38-19-9-12-22-46(38)57-47)55-42-20-10-7-17-36(42)39-27-33(23-25-43(39)55)34-24-26-45-40(28-34)37-18-8-11-21-44(37)56-45/h1-30,47-48H. The number of allylic oxidation sites excluding steroid dienone is 3. The molecule has 0 spiro atoms. The second-order valence-electron chi connectivity index (χ2n) is 14.7. The summed E-state index contributed by atoms with van der Waals surface area (Å²) in [6.45, 7) is 0. The fourth-order valence-electron chi connectivity index (χ4n) is 8.79. The van der Waals surface area contributed by atoms with Crippen LogP contribution >= 0.6 is 11.8 Å². The zero-order valence-electron chi connectivity index (χ0n) is 30.6. The third-order valence-corrected chi connectivity index (χ3v) is 12.7. The second kappa shape index (κ2) is 12.8. The lowest BCUT2D eigenvalue weighted by Crippen LogP contribution is -2.18. The van der Waals surface area contributed by atoms with E-state index in [9.17, 15) is 0 Å². The topological polar surface area (TPSA) is 56.7 Å². The molecule has 2 aliphatic rings. The normalized spacial score (nSPS) is 16.2. The Bertz CT molecular complexity index is 3230. The Morgan fingerprint density at radius 1 is 0.474 bits per heavy atom. The highest BCUT2D eigenvalue weighted by molar-refractivity contribution is 8.00. The van der Waals surface area contributed by atoms with E-state index < -0.39 is 0 Å². The maximum absolute atomic E-state index is 6.16. The number of hydrogen-bond acceptors (Lipinski definition) is 5. The lowest BCUT2D eigenvalue weighted by atomic mass is 9.83.